The molecule has 0 saturated carbocycles. The van der Waals surface area contributed by atoms with E-state index in [1.165, 1.54) is 44.4 Å². The molecular weight excluding hydrogens is 352 g/mol. The second kappa shape index (κ2) is 5.18. The van der Waals surface area contributed by atoms with E-state index >= 15 is 0 Å². The minimum atomic E-state index is -0.400. The van der Waals surface area contributed by atoms with Gasteiger partial charge in [0.2, 0.25) is 11.4 Å². The van der Waals surface area contributed by atoms with Gasteiger partial charge in [-0.2, -0.15) is 0 Å². The first-order valence-corrected chi connectivity index (χ1v) is 10.1. The Labute approximate surface area is 168 Å². The lowest BCUT2D eigenvalue weighted by Gasteiger charge is -2.17. The zero-order valence-corrected chi connectivity index (χ0v) is 15.8. The van der Waals surface area contributed by atoms with Crippen LogP contribution in [-0.2, 0) is 5.66 Å². The predicted octanol–water partition coefficient (Wildman–Crippen LogP) is 4.67. The van der Waals surface area contributed by atoms with Crippen LogP contribution in [0.5, 0.6) is 0 Å². The number of nitrogens with zero attached hydrogens (tertiary/aromatic N) is 2. The van der Waals surface area contributed by atoms with Crippen LogP contribution in [0, 0.1) is 0 Å². The highest BCUT2D eigenvalue weighted by atomic mass is 15.3. The van der Waals surface area contributed by atoms with Crippen LogP contribution in [0.25, 0.3) is 33.3 Å². The van der Waals surface area contributed by atoms with Gasteiger partial charge in [-0.3, -0.25) is 0 Å². The van der Waals surface area contributed by atoms with Crippen molar-refractivity contribution in [2.24, 2.45) is 0 Å². The van der Waals surface area contributed by atoms with Crippen molar-refractivity contribution in [1.29, 1.82) is 0 Å². The van der Waals surface area contributed by atoms with Gasteiger partial charge in [0.1, 0.15) is 11.1 Å². The van der Waals surface area contributed by atoms with Gasteiger partial charge >= 0.3 is 5.66 Å². The van der Waals surface area contributed by atoms with Crippen LogP contribution in [-0.4, -0.2) is 0 Å². The fourth-order valence-corrected chi connectivity index (χ4v) is 5.49. The molecule has 1 atom stereocenters. The quantitative estimate of drug-likeness (QED) is 0.343. The second-order valence-corrected chi connectivity index (χ2v) is 7.84. The molecule has 5 aromatic rings. The Bertz CT molecular complexity index is 1420. The van der Waals surface area contributed by atoms with Gasteiger partial charge in [0.15, 0.2) is 12.4 Å². The molecular formula is C27H18N2+2. The fraction of sp³-hybridized carbons (Fsp3) is 0.0370. The van der Waals surface area contributed by atoms with E-state index in [1.54, 1.807) is 0 Å². The molecule has 0 bridgehead atoms. The Morgan fingerprint density at radius 3 is 2.10 bits per heavy atom. The van der Waals surface area contributed by atoms with Gasteiger partial charge in [-0.1, -0.05) is 42.5 Å². The van der Waals surface area contributed by atoms with Crippen molar-refractivity contribution in [1.82, 2.24) is 0 Å². The summed E-state index contributed by atoms with van der Waals surface area (Å²) < 4.78 is 4.93. The van der Waals surface area contributed by atoms with E-state index in [9.17, 15) is 0 Å². The summed E-state index contributed by atoms with van der Waals surface area (Å²) in [7, 11) is 0. The average molecular weight is 370 g/mol. The SMILES string of the molecule is c1ccc2c(c1)-c1cccc[n+]1C21c2ccccc2-c2c3ccccc3cc[n+]21. The van der Waals surface area contributed by atoms with Crippen LogP contribution in [0.4, 0.5) is 0 Å². The van der Waals surface area contributed by atoms with Crippen molar-refractivity contribution in [3.05, 3.63) is 121 Å². The lowest BCUT2D eigenvalue weighted by molar-refractivity contribution is -0.954. The molecule has 2 aliphatic rings. The number of aromatic nitrogens is 2. The fourth-order valence-electron chi connectivity index (χ4n) is 5.49. The summed E-state index contributed by atoms with van der Waals surface area (Å²) in [6, 6.07) is 35.2. The molecule has 1 spiro atoms. The summed E-state index contributed by atoms with van der Waals surface area (Å²) in [5, 5.41) is 2.57. The smallest absolute Gasteiger partial charge is 0.126 e. The first-order chi connectivity index (χ1) is 14.4. The highest BCUT2D eigenvalue weighted by molar-refractivity contribution is 5.95. The third kappa shape index (κ3) is 1.65. The zero-order chi connectivity index (χ0) is 19.0. The summed E-state index contributed by atoms with van der Waals surface area (Å²) in [6.45, 7) is 0. The Morgan fingerprint density at radius 1 is 0.517 bits per heavy atom. The Balaban J connectivity index is 1.76. The lowest BCUT2D eigenvalue weighted by atomic mass is 9.90. The lowest BCUT2D eigenvalue weighted by Crippen LogP contribution is -2.71. The number of hydrogen-bond donors (Lipinski definition) is 0. The van der Waals surface area contributed by atoms with Crippen molar-refractivity contribution in [2.45, 2.75) is 5.66 Å². The average Bonchev–Trinajstić information content (AvgIpc) is 3.27. The van der Waals surface area contributed by atoms with Crippen LogP contribution in [0.2, 0.25) is 0 Å². The first-order valence-electron chi connectivity index (χ1n) is 10.1. The van der Waals surface area contributed by atoms with Crippen LogP contribution in [0.15, 0.2) is 109 Å². The molecule has 134 valence electrons. The van der Waals surface area contributed by atoms with Crippen molar-refractivity contribution in [2.75, 3.05) is 0 Å². The maximum absolute atomic E-state index is 2.48. The van der Waals surface area contributed by atoms with Crippen LogP contribution < -0.4 is 9.13 Å². The van der Waals surface area contributed by atoms with Gasteiger partial charge in [-0.05, 0) is 41.8 Å². The topological polar surface area (TPSA) is 7.76 Å². The summed E-state index contributed by atoms with van der Waals surface area (Å²) in [5.74, 6) is 0. The van der Waals surface area contributed by atoms with Crippen molar-refractivity contribution in [3.8, 4) is 22.5 Å². The minimum Gasteiger partial charge on any atom is -0.126 e. The van der Waals surface area contributed by atoms with Gasteiger partial charge in [0, 0.05) is 18.2 Å². The summed E-state index contributed by atoms with van der Waals surface area (Å²) in [6.07, 6.45) is 4.49. The molecule has 2 aliphatic heterocycles. The highest BCUT2D eigenvalue weighted by Crippen LogP contribution is 2.47. The normalized spacial score (nSPS) is 17.8. The number of pyridine rings is 2. The van der Waals surface area contributed by atoms with E-state index in [0.717, 1.165) is 0 Å². The van der Waals surface area contributed by atoms with Crippen molar-refractivity contribution in [3.63, 3.8) is 0 Å². The summed E-state index contributed by atoms with van der Waals surface area (Å²) in [4.78, 5) is 0. The summed E-state index contributed by atoms with van der Waals surface area (Å²) >= 11 is 0. The van der Waals surface area contributed by atoms with E-state index in [4.69, 9.17) is 0 Å². The van der Waals surface area contributed by atoms with Crippen LogP contribution in [0.1, 0.15) is 11.1 Å². The summed E-state index contributed by atoms with van der Waals surface area (Å²) in [5.41, 5.74) is 7.42. The molecule has 0 aliphatic carbocycles. The van der Waals surface area contributed by atoms with Crippen molar-refractivity contribution >= 4 is 10.8 Å². The number of rotatable bonds is 0. The number of hydrogen-bond acceptors (Lipinski definition) is 0. The molecule has 1 unspecified atom stereocenters. The maximum Gasteiger partial charge on any atom is 0.417 e. The molecule has 0 amide bonds. The molecule has 29 heavy (non-hydrogen) atoms. The van der Waals surface area contributed by atoms with Gasteiger partial charge in [0.05, 0.1) is 16.5 Å². The molecule has 0 radical (unpaired) electrons. The van der Waals surface area contributed by atoms with Gasteiger partial charge in [-0.15, -0.1) is 9.13 Å². The van der Waals surface area contributed by atoms with E-state index in [1.807, 2.05) is 0 Å². The Morgan fingerprint density at radius 2 is 1.21 bits per heavy atom. The monoisotopic (exact) mass is 370 g/mol. The number of benzene rings is 3. The van der Waals surface area contributed by atoms with E-state index in [-0.39, 0.29) is 0 Å². The zero-order valence-electron chi connectivity index (χ0n) is 15.8. The molecule has 0 saturated heterocycles. The van der Waals surface area contributed by atoms with E-state index < -0.39 is 5.66 Å². The molecule has 0 fully saturated rings. The second-order valence-electron chi connectivity index (χ2n) is 7.84. The molecule has 4 heterocycles. The predicted molar refractivity (Wildman–Crippen MR) is 113 cm³/mol. The molecule has 0 N–H and O–H groups in total. The Kier molecular flexibility index (Phi) is 2.71. The van der Waals surface area contributed by atoms with Crippen LogP contribution >= 0.6 is 0 Å². The minimum absolute atomic E-state index is 0.400. The van der Waals surface area contributed by atoms with Gasteiger partial charge in [0.25, 0.3) is 0 Å². The molecule has 3 aromatic carbocycles. The molecule has 2 aromatic heterocycles. The first kappa shape index (κ1) is 15.2. The molecule has 7 rings (SSSR count). The molecule has 2 nitrogen and oxygen atoms in total. The van der Waals surface area contributed by atoms with Gasteiger partial charge < -0.3 is 0 Å². The van der Waals surface area contributed by atoms with Crippen LogP contribution in [0.3, 0.4) is 0 Å². The highest BCUT2D eigenvalue weighted by Gasteiger charge is 2.66. The maximum atomic E-state index is 2.48. The Hall–Kier alpha value is -3.78. The third-order valence-corrected chi connectivity index (χ3v) is 6.55. The molecule has 2 heteroatoms. The van der Waals surface area contributed by atoms with Gasteiger partial charge in [-0.25, -0.2) is 0 Å². The van der Waals surface area contributed by atoms with Crippen molar-refractivity contribution < 1.29 is 9.13 Å². The largest absolute Gasteiger partial charge is 0.417 e. The number of fused-ring (bicyclic) bond motifs is 12. The standard InChI is InChI=1S/C27H18N2/c1-2-10-20-19(9-1)16-18-29-26(20)22-12-4-6-14-24(22)27(29)23-13-5-3-11-21(23)25-15-7-8-17-28(25)27/h1-18H/q+2. The van der Waals surface area contributed by atoms with E-state index in [0.29, 0.717) is 0 Å². The third-order valence-electron chi connectivity index (χ3n) is 6.55. The van der Waals surface area contributed by atoms with E-state index in [2.05, 4.69) is 119 Å².